The van der Waals surface area contributed by atoms with Gasteiger partial charge in [0, 0.05) is 18.9 Å². The summed E-state index contributed by atoms with van der Waals surface area (Å²) in [6.07, 6.45) is 12.3. The van der Waals surface area contributed by atoms with Crippen LogP contribution in [0.1, 0.15) is 31.4 Å². The first-order chi connectivity index (χ1) is 12.7. The first-order valence-electron chi connectivity index (χ1n) is 8.87. The summed E-state index contributed by atoms with van der Waals surface area (Å²) in [6.45, 7) is 2.49. The van der Waals surface area contributed by atoms with Crippen molar-refractivity contribution in [3.8, 4) is 11.8 Å². The molecule has 0 N–H and O–H groups in total. The minimum Gasteiger partial charge on any atom is -0.309 e. The Balaban J connectivity index is 0.000000510. The molecule has 1 unspecified atom stereocenters. The molecule has 0 bridgehead atoms. The summed E-state index contributed by atoms with van der Waals surface area (Å²) in [5.41, 5.74) is 3.47. The summed E-state index contributed by atoms with van der Waals surface area (Å²) in [5.74, 6) is -0.684. The fourth-order valence-corrected chi connectivity index (χ4v) is 2.96. The molecule has 2 fully saturated rings. The normalized spacial score (nSPS) is 18.5. The van der Waals surface area contributed by atoms with Gasteiger partial charge in [-0.05, 0) is 25.5 Å². The molecule has 1 amide bonds. The van der Waals surface area contributed by atoms with E-state index < -0.39 is 5.92 Å². The van der Waals surface area contributed by atoms with Crippen molar-refractivity contribution in [3.05, 3.63) is 42.7 Å². The molecule has 5 rings (SSSR count). The molecule has 3 aromatic rings. The Kier molecular flexibility index (Phi) is 4.17. The molecule has 2 aliphatic rings. The van der Waals surface area contributed by atoms with Crippen molar-refractivity contribution in [3.63, 3.8) is 0 Å². The SMILES string of the molecule is C1CC1.Cc1cn(-c2cc3c(N4CCC(C#N)C4=O)ccnn3c2)cn1. The van der Waals surface area contributed by atoms with Crippen LogP contribution >= 0.6 is 0 Å². The fourth-order valence-electron chi connectivity index (χ4n) is 2.96. The molecule has 132 valence electrons. The van der Waals surface area contributed by atoms with Gasteiger partial charge in [0.05, 0.1) is 41.2 Å². The van der Waals surface area contributed by atoms with E-state index in [0.717, 1.165) is 22.6 Å². The molecule has 7 heteroatoms. The Labute approximate surface area is 151 Å². The quantitative estimate of drug-likeness (QED) is 0.713. The molecular formula is C19H20N6O. The van der Waals surface area contributed by atoms with Crippen molar-refractivity contribution < 1.29 is 4.79 Å². The highest BCUT2D eigenvalue weighted by atomic mass is 16.2. The summed E-state index contributed by atoms with van der Waals surface area (Å²) in [6, 6.07) is 5.85. The van der Waals surface area contributed by atoms with Gasteiger partial charge in [-0.25, -0.2) is 9.50 Å². The Morgan fingerprint density at radius 3 is 2.69 bits per heavy atom. The summed E-state index contributed by atoms with van der Waals surface area (Å²) < 4.78 is 3.66. The number of carbonyl (C=O) groups is 1. The first-order valence-corrected chi connectivity index (χ1v) is 8.87. The molecule has 1 aliphatic carbocycles. The van der Waals surface area contributed by atoms with Crippen LogP contribution in [-0.2, 0) is 4.79 Å². The lowest BCUT2D eigenvalue weighted by atomic mass is 10.1. The van der Waals surface area contributed by atoms with Gasteiger partial charge in [0.25, 0.3) is 0 Å². The van der Waals surface area contributed by atoms with E-state index in [0.29, 0.717) is 13.0 Å². The molecule has 0 aromatic carbocycles. The predicted molar refractivity (Wildman–Crippen MR) is 97.0 cm³/mol. The predicted octanol–water partition coefficient (Wildman–Crippen LogP) is 2.88. The van der Waals surface area contributed by atoms with Crippen molar-refractivity contribution >= 4 is 17.1 Å². The van der Waals surface area contributed by atoms with Gasteiger partial charge in [-0.2, -0.15) is 10.4 Å². The highest BCUT2D eigenvalue weighted by Gasteiger charge is 2.33. The van der Waals surface area contributed by atoms with E-state index in [2.05, 4.69) is 16.2 Å². The van der Waals surface area contributed by atoms with Crippen molar-refractivity contribution in [2.24, 2.45) is 5.92 Å². The van der Waals surface area contributed by atoms with Crippen molar-refractivity contribution in [1.82, 2.24) is 19.2 Å². The molecule has 0 spiro atoms. The van der Waals surface area contributed by atoms with Crippen LogP contribution in [0.25, 0.3) is 11.2 Å². The monoisotopic (exact) mass is 348 g/mol. The van der Waals surface area contributed by atoms with Gasteiger partial charge in [0.2, 0.25) is 5.91 Å². The van der Waals surface area contributed by atoms with Gasteiger partial charge in [0.15, 0.2) is 0 Å². The average molecular weight is 348 g/mol. The maximum Gasteiger partial charge on any atom is 0.244 e. The number of aromatic nitrogens is 4. The number of carbonyl (C=O) groups excluding carboxylic acids is 1. The van der Waals surface area contributed by atoms with Crippen LogP contribution in [0.4, 0.5) is 5.69 Å². The number of hydrogen-bond acceptors (Lipinski definition) is 4. The zero-order valence-electron chi connectivity index (χ0n) is 14.7. The van der Waals surface area contributed by atoms with Crippen LogP contribution in [-0.4, -0.2) is 31.6 Å². The number of amides is 1. The average Bonchev–Trinajstić information content (AvgIpc) is 3.23. The molecule has 1 saturated carbocycles. The number of nitriles is 1. The molecule has 1 aliphatic heterocycles. The molecule has 3 aromatic heterocycles. The van der Waals surface area contributed by atoms with Gasteiger partial charge in [-0.3, -0.25) is 4.79 Å². The van der Waals surface area contributed by atoms with Gasteiger partial charge >= 0.3 is 0 Å². The lowest BCUT2D eigenvalue weighted by molar-refractivity contribution is -0.118. The number of rotatable bonds is 2. The number of nitrogens with zero attached hydrogens (tertiary/aromatic N) is 6. The number of anilines is 1. The van der Waals surface area contributed by atoms with E-state index in [1.54, 1.807) is 21.9 Å². The topological polar surface area (TPSA) is 79.2 Å². The fraction of sp³-hybridized carbons (Fsp3) is 0.368. The van der Waals surface area contributed by atoms with Crippen LogP contribution in [0.5, 0.6) is 0 Å². The summed E-state index contributed by atoms with van der Waals surface area (Å²) in [7, 11) is 0. The Morgan fingerprint density at radius 1 is 1.27 bits per heavy atom. The van der Waals surface area contributed by atoms with Crippen LogP contribution in [0.2, 0.25) is 0 Å². The lowest BCUT2D eigenvalue weighted by Crippen LogP contribution is -2.27. The van der Waals surface area contributed by atoms with Gasteiger partial charge in [-0.15, -0.1) is 0 Å². The Bertz CT molecular complexity index is 990. The molecular weight excluding hydrogens is 328 g/mol. The third-order valence-corrected chi connectivity index (χ3v) is 4.49. The molecule has 7 nitrogen and oxygen atoms in total. The highest BCUT2D eigenvalue weighted by molar-refractivity contribution is 6.02. The summed E-state index contributed by atoms with van der Waals surface area (Å²) in [5, 5.41) is 13.4. The van der Waals surface area contributed by atoms with Crippen LogP contribution in [0.15, 0.2) is 37.1 Å². The zero-order chi connectivity index (χ0) is 18.1. The second-order valence-electron chi connectivity index (χ2n) is 6.69. The number of imidazole rings is 1. The van der Waals surface area contributed by atoms with Crippen LogP contribution in [0, 0.1) is 24.2 Å². The van der Waals surface area contributed by atoms with Crippen molar-refractivity contribution in [1.29, 1.82) is 5.26 Å². The van der Waals surface area contributed by atoms with E-state index in [-0.39, 0.29) is 5.91 Å². The maximum atomic E-state index is 12.3. The maximum absolute atomic E-state index is 12.3. The highest BCUT2D eigenvalue weighted by Crippen LogP contribution is 2.29. The smallest absolute Gasteiger partial charge is 0.244 e. The summed E-state index contributed by atoms with van der Waals surface area (Å²) in [4.78, 5) is 18.2. The zero-order valence-corrected chi connectivity index (χ0v) is 14.7. The van der Waals surface area contributed by atoms with Gasteiger partial charge < -0.3 is 9.47 Å². The lowest BCUT2D eigenvalue weighted by Gasteiger charge is -2.16. The van der Waals surface area contributed by atoms with E-state index in [1.807, 2.05) is 36.0 Å². The third-order valence-electron chi connectivity index (χ3n) is 4.49. The molecule has 0 radical (unpaired) electrons. The van der Waals surface area contributed by atoms with Crippen molar-refractivity contribution in [2.75, 3.05) is 11.4 Å². The first kappa shape index (κ1) is 16.3. The standard InChI is InChI=1S/C16H14N6O.C3H6/c1-11-8-20(10-18-11)13-6-15-14(2-4-19-22(15)9-13)21-5-3-12(7-17)16(21)23;1-2-3-1/h2,4,6,8-10,12H,3,5H2,1H3;1-3H2. The minimum absolute atomic E-state index is 0.137. The van der Waals surface area contributed by atoms with E-state index >= 15 is 0 Å². The number of hydrogen-bond donors (Lipinski definition) is 0. The molecule has 26 heavy (non-hydrogen) atoms. The summed E-state index contributed by atoms with van der Waals surface area (Å²) >= 11 is 0. The van der Waals surface area contributed by atoms with E-state index in [9.17, 15) is 4.79 Å². The molecule has 4 heterocycles. The Morgan fingerprint density at radius 2 is 2.08 bits per heavy atom. The van der Waals surface area contributed by atoms with Crippen molar-refractivity contribution in [2.45, 2.75) is 32.6 Å². The Hall–Kier alpha value is -3.14. The molecule has 1 saturated heterocycles. The second kappa shape index (κ2) is 6.64. The number of fused-ring (bicyclic) bond motifs is 1. The van der Waals surface area contributed by atoms with Crippen LogP contribution in [0.3, 0.4) is 0 Å². The van der Waals surface area contributed by atoms with E-state index in [4.69, 9.17) is 5.26 Å². The van der Waals surface area contributed by atoms with E-state index in [1.165, 1.54) is 19.3 Å². The van der Waals surface area contributed by atoms with Crippen LogP contribution < -0.4 is 4.90 Å². The third kappa shape index (κ3) is 3.06. The minimum atomic E-state index is -0.547. The number of aryl methyl sites for hydroxylation is 1. The van der Waals surface area contributed by atoms with Gasteiger partial charge in [-0.1, -0.05) is 19.3 Å². The molecule has 1 atom stereocenters. The van der Waals surface area contributed by atoms with Gasteiger partial charge in [0.1, 0.15) is 5.92 Å². The largest absolute Gasteiger partial charge is 0.309 e. The second-order valence-corrected chi connectivity index (χ2v) is 6.69.